The van der Waals surface area contributed by atoms with Crippen molar-refractivity contribution in [2.24, 2.45) is 28.1 Å². The normalized spacial score (nSPS) is 14.6. The van der Waals surface area contributed by atoms with Gasteiger partial charge in [0, 0.05) is 19.4 Å². The Morgan fingerprint density at radius 3 is 1.66 bits per heavy atom. The molecule has 0 bridgehead atoms. The van der Waals surface area contributed by atoms with Crippen LogP contribution in [-0.2, 0) is 28.8 Å². The number of nitrogens with zero attached hydrogens (tertiary/aromatic N) is 1. The van der Waals surface area contributed by atoms with E-state index in [1.807, 2.05) is 6.92 Å². The number of aliphatic carboxylic acids is 3. The van der Waals surface area contributed by atoms with Crippen LogP contribution in [0.25, 0.3) is 0 Å². The lowest BCUT2D eigenvalue weighted by Crippen LogP contribution is -2.57. The summed E-state index contributed by atoms with van der Waals surface area (Å²) < 4.78 is 0. The SMILES string of the molecule is CCC(C)C(N)C(=O)NC(CCC(=O)O)C(=O)NC(CCCN=C(N)N)C(=O)NC(CCC(=O)O)C(=O)O. The van der Waals surface area contributed by atoms with E-state index in [-0.39, 0.29) is 37.7 Å². The molecule has 0 aromatic rings. The second kappa shape index (κ2) is 17.5. The molecule has 5 atom stereocenters. The Morgan fingerprint density at radius 1 is 0.763 bits per heavy atom. The summed E-state index contributed by atoms with van der Waals surface area (Å²) in [6.07, 6.45) is -1.03. The Bertz CT molecular complexity index is 877. The number of carboxylic acid groups (broad SMARTS) is 3. The predicted octanol–water partition coefficient (Wildman–Crippen LogP) is -2.32. The van der Waals surface area contributed by atoms with Gasteiger partial charge in [0.05, 0.1) is 6.04 Å². The molecule has 0 aromatic heterocycles. The van der Waals surface area contributed by atoms with Crippen molar-refractivity contribution in [3.05, 3.63) is 0 Å². The number of carbonyl (C=O) groups excluding carboxylic acids is 3. The van der Waals surface area contributed by atoms with Crippen molar-refractivity contribution in [1.29, 1.82) is 0 Å². The summed E-state index contributed by atoms with van der Waals surface area (Å²) in [5, 5.41) is 34.2. The van der Waals surface area contributed by atoms with Crippen molar-refractivity contribution in [3.8, 4) is 0 Å². The van der Waals surface area contributed by atoms with E-state index in [1.54, 1.807) is 6.92 Å². The predicted molar refractivity (Wildman–Crippen MR) is 135 cm³/mol. The number of carboxylic acids is 3. The van der Waals surface area contributed by atoms with Gasteiger partial charge in [-0.25, -0.2) is 4.79 Å². The van der Waals surface area contributed by atoms with Crippen molar-refractivity contribution in [3.63, 3.8) is 0 Å². The summed E-state index contributed by atoms with van der Waals surface area (Å²) in [6.45, 7) is 3.63. The summed E-state index contributed by atoms with van der Waals surface area (Å²) in [5.74, 6) is -6.91. The van der Waals surface area contributed by atoms with Crippen molar-refractivity contribution < 1.29 is 44.1 Å². The van der Waals surface area contributed by atoms with Gasteiger partial charge in [0.25, 0.3) is 0 Å². The van der Waals surface area contributed by atoms with Gasteiger partial charge in [-0.15, -0.1) is 0 Å². The minimum Gasteiger partial charge on any atom is -0.481 e. The fraction of sp³-hybridized carbons (Fsp3) is 0.682. The average Bonchev–Trinajstić information content (AvgIpc) is 2.83. The number of carbonyl (C=O) groups is 6. The van der Waals surface area contributed by atoms with Crippen LogP contribution in [-0.4, -0.2) is 87.6 Å². The third kappa shape index (κ3) is 14.0. The molecule has 216 valence electrons. The molecule has 0 radical (unpaired) electrons. The average molecular weight is 546 g/mol. The number of guanidine groups is 1. The highest BCUT2D eigenvalue weighted by molar-refractivity contribution is 5.94. The van der Waals surface area contributed by atoms with Gasteiger partial charge in [-0.05, 0) is 31.6 Å². The highest BCUT2D eigenvalue weighted by Crippen LogP contribution is 2.08. The lowest BCUT2D eigenvalue weighted by molar-refractivity contribution is -0.143. The van der Waals surface area contributed by atoms with Crippen LogP contribution in [0.2, 0.25) is 0 Å². The summed E-state index contributed by atoms with van der Waals surface area (Å²) in [5.41, 5.74) is 16.5. The van der Waals surface area contributed by atoms with Gasteiger partial charge < -0.3 is 48.5 Å². The molecule has 38 heavy (non-hydrogen) atoms. The lowest BCUT2D eigenvalue weighted by atomic mass is 9.98. The standard InChI is InChI=1S/C22H39N7O9/c1-3-11(2)17(23)20(36)28-13(6-8-15(30)31)19(35)27-12(5-4-10-26-22(24)25)18(34)29-14(21(37)38)7-9-16(32)33/h11-14,17H,3-10,23H2,1-2H3,(H,27,35)(H,28,36)(H,29,34)(H,30,31)(H,32,33)(H,37,38)(H4,24,25,26). The molecule has 0 rings (SSSR count). The van der Waals surface area contributed by atoms with E-state index in [0.29, 0.717) is 6.42 Å². The molecule has 3 amide bonds. The quantitative estimate of drug-likeness (QED) is 0.0469. The van der Waals surface area contributed by atoms with Crippen molar-refractivity contribution >= 4 is 41.6 Å². The highest BCUT2D eigenvalue weighted by Gasteiger charge is 2.31. The topological polar surface area (TPSA) is 290 Å². The van der Waals surface area contributed by atoms with Crippen molar-refractivity contribution in [1.82, 2.24) is 16.0 Å². The number of hydrogen-bond donors (Lipinski definition) is 9. The Kier molecular flexibility index (Phi) is 15.7. The Labute approximate surface area is 219 Å². The monoisotopic (exact) mass is 545 g/mol. The van der Waals surface area contributed by atoms with Gasteiger partial charge in [0.1, 0.15) is 18.1 Å². The Hall–Kier alpha value is -3.95. The molecule has 5 unspecified atom stereocenters. The fourth-order valence-corrected chi connectivity index (χ4v) is 3.16. The van der Waals surface area contributed by atoms with Gasteiger partial charge in [0.2, 0.25) is 17.7 Å². The fourth-order valence-electron chi connectivity index (χ4n) is 3.16. The van der Waals surface area contributed by atoms with Crippen LogP contribution in [0.5, 0.6) is 0 Å². The van der Waals surface area contributed by atoms with E-state index < -0.39 is 79.1 Å². The maximum atomic E-state index is 13.0. The highest BCUT2D eigenvalue weighted by atomic mass is 16.4. The van der Waals surface area contributed by atoms with E-state index in [4.69, 9.17) is 27.4 Å². The number of rotatable bonds is 19. The number of hydrogen-bond acceptors (Lipinski definition) is 8. The number of amides is 3. The molecular formula is C22H39N7O9. The van der Waals surface area contributed by atoms with Crippen LogP contribution < -0.4 is 33.2 Å². The molecule has 0 aliphatic carbocycles. The van der Waals surface area contributed by atoms with E-state index in [2.05, 4.69) is 20.9 Å². The van der Waals surface area contributed by atoms with E-state index >= 15 is 0 Å². The molecule has 0 heterocycles. The van der Waals surface area contributed by atoms with E-state index in [1.165, 1.54) is 0 Å². The number of nitrogens with two attached hydrogens (primary N) is 3. The zero-order valence-corrected chi connectivity index (χ0v) is 21.5. The second-order valence-electron chi connectivity index (χ2n) is 8.75. The van der Waals surface area contributed by atoms with Crippen LogP contribution in [0.3, 0.4) is 0 Å². The number of aliphatic imine (C=N–C) groups is 1. The van der Waals surface area contributed by atoms with Gasteiger partial charge in [-0.2, -0.15) is 0 Å². The van der Waals surface area contributed by atoms with Crippen LogP contribution in [0.1, 0.15) is 58.8 Å². The first-order valence-electron chi connectivity index (χ1n) is 12.1. The summed E-state index contributed by atoms with van der Waals surface area (Å²) >= 11 is 0. The minimum absolute atomic E-state index is 0.0639. The first kappa shape index (κ1) is 34.0. The zero-order valence-electron chi connectivity index (χ0n) is 21.5. The van der Waals surface area contributed by atoms with Gasteiger partial charge in [-0.1, -0.05) is 20.3 Å². The van der Waals surface area contributed by atoms with Crippen LogP contribution in [0, 0.1) is 5.92 Å². The smallest absolute Gasteiger partial charge is 0.326 e. The Morgan fingerprint density at radius 2 is 1.21 bits per heavy atom. The molecule has 12 N–H and O–H groups in total. The summed E-state index contributed by atoms with van der Waals surface area (Å²) in [4.78, 5) is 75.7. The first-order chi connectivity index (χ1) is 17.7. The zero-order chi connectivity index (χ0) is 29.4. The summed E-state index contributed by atoms with van der Waals surface area (Å²) in [7, 11) is 0. The molecule has 0 saturated carbocycles. The molecule has 16 nitrogen and oxygen atoms in total. The molecule has 0 aliphatic rings. The third-order valence-electron chi connectivity index (χ3n) is 5.68. The largest absolute Gasteiger partial charge is 0.481 e. The third-order valence-corrected chi connectivity index (χ3v) is 5.68. The maximum Gasteiger partial charge on any atom is 0.326 e. The van der Waals surface area contributed by atoms with E-state index in [9.17, 15) is 33.9 Å². The second-order valence-corrected chi connectivity index (χ2v) is 8.75. The molecular weight excluding hydrogens is 506 g/mol. The molecule has 0 saturated heterocycles. The molecule has 0 aromatic carbocycles. The minimum atomic E-state index is -1.55. The molecule has 0 aliphatic heterocycles. The lowest BCUT2D eigenvalue weighted by Gasteiger charge is -2.26. The van der Waals surface area contributed by atoms with Crippen LogP contribution in [0.15, 0.2) is 4.99 Å². The molecule has 16 heteroatoms. The molecule has 0 fully saturated rings. The van der Waals surface area contributed by atoms with E-state index in [0.717, 1.165) is 0 Å². The number of nitrogens with one attached hydrogen (secondary N) is 3. The van der Waals surface area contributed by atoms with Gasteiger partial charge in [0.15, 0.2) is 5.96 Å². The van der Waals surface area contributed by atoms with Crippen LogP contribution >= 0.6 is 0 Å². The Balaban J connectivity index is 5.76. The van der Waals surface area contributed by atoms with Gasteiger partial charge in [-0.3, -0.25) is 29.0 Å². The maximum absolute atomic E-state index is 13.0. The van der Waals surface area contributed by atoms with Gasteiger partial charge >= 0.3 is 17.9 Å². The summed E-state index contributed by atoms with van der Waals surface area (Å²) in [6, 6.07) is -5.21. The first-order valence-corrected chi connectivity index (χ1v) is 12.1. The molecule has 0 spiro atoms. The van der Waals surface area contributed by atoms with Crippen LogP contribution in [0.4, 0.5) is 0 Å². The van der Waals surface area contributed by atoms with Crippen molar-refractivity contribution in [2.75, 3.05) is 6.54 Å². The van der Waals surface area contributed by atoms with Crippen molar-refractivity contribution in [2.45, 2.75) is 83.0 Å².